The fraction of sp³-hybridized carbons (Fsp3) is 0.240. The summed E-state index contributed by atoms with van der Waals surface area (Å²) in [6.45, 7) is -0.355. The number of aliphatic carboxylic acids is 1. The Morgan fingerprint density at radius 2 is 1.88 bits per heavy atom. The van der Waals surface area contributed by atoms with Crippen molar-refractivity contribution < 1.29 is 19.4 Å². The van der Waals surface area contributed by atoms with Gasteiger partial charge in [-0.05, 0) is 66.6 Å². The second-order valence-electron chi connectivity index (χ2n) is 7.81. The van der Waals surface area contributed by atoms with E-state index in [-0.39, 0.29) is 18.4 Å². The van der Waals surface area contributed by atoms with Crippen LogP contribution >= 0.6 is 0 Å². The molecule has 1 aliphatic carbocycles. The minimum Gasteiger partial charge on any atom is -0.482 e. The summed E-state index contributed by atoms with van der Waals surface area (Å²) >= 11 is 0. The van der Waals surface area contributed by atoms with Crippen LogP contribution in [-0.2, 0) is 22.4 Å². The van der Waals surface area contributed by atoms with Gasteiger partial charge in [0.05, 0.1) is 17.6 Å². The lowest BCUT2D eigenvalue weighted by Crippen LogP contribution is -2.40. The average Bonchev–Trinajstić information content (AvgIpc) is 2.82. The molecule has 1 heterocycles. The summed E-state index contributed by atoms with van der Waals surface area (Å²) in [5, 5.41) is 10.6. The molecule has 0 saturated heterocycles. The largest absolute Gasteiger partial charge is 0.482 e. The molecule has 1 amide bonds. The Labute approximate surface area is 186 Å². The van der Waals surface area contributed by atoms with Crippen molar-refractivity contribution in [1.82, 2.24) is 10.4 Å². The number of nitrogens with one attached hydrogen (secondary N) is 1. The average molecular weight is 431 g/mol. The van der Waals surface area contributed by atoms with Gasteiger partial charge in [0.2, 0.25) is 5.91 Å². The number of amides is 1. The van der Waals surface area contributed by atoms with Crippen molar-refractivity contribution in [1.29, 1.82) is 0 Å². The van der Waals surface area contributed by atoms with Crippen molar-refractivity contribution in [3.63, 3.8) is 0 Å². The van der Waals surface area contributed by atoms with Crippen LogP contribution in [0.1, 0.15) is 24.0 Å². The van der Waals surface area contributed by atoms with Gasteiger partial charge >= 0.3 is 5.97 Å². The molecule has 2 N–H and O–H groups in total. The highest BCUT2D eigenvalue weighted by molar-refractivity contribution is 5.80. The molecule has 164 valence electrons. The third kappa shape index (κ3) is 5.24. The van der Waals surface area contributed by atoms with Gasteiger partial charge < -0.3 is 9.84 Å². The van der Waals surface area contributed by atoms with Gasteiger partial charge in [-0.2, -0.15) is 0 Å². The normalized spacial score (nSPS) is 14.8. The Morgan fingerprint density at radius 1 is 1.06 bits per heavy atom. The summed E-state index contributed by atoms with van der Waals surface area (Å²) in [5.41, 5.74) is 6.82. The van der Waals surface area contributed by atoms with Crippen molar-refractivity contribution in [2.75, 3.05) is 11.6 Å². The first-order valence-corrected chi connectivity index (χ1v) is 10.6. The number of hydrogen-bond donors (Lipinski definition) is 2. The summed E-state index contributed by atoms with van der Waals surface area (Å²) in [7, 11) is 0. The van der Waals surface area contributed by atoms with E-state index < -0.39 is 5.97 Å². The Hall–Kier alpha value is -3.87. The number of para-hydroxylation sites is 1. The molecule has 0 spiro atoms. The van der Waals surface area contributed by atoms with Crippen molar-refractivity contribution in [2.24, 2.45) is 5.92 Å². The predicted octanol–water partition coefficient (Wildman–Crippen LogP) is 3.91. The van der Waals surface area contributed by atoms with Crippen molar-refractivity contribution in [2.45, 2.75) is 25.7 Å². The first-order valence-electron chi connectivity index (χ1n) is 10.6. The zero-order chi connectivity index (χ0) is 22.3. The summed E-state index contributed by atoms with van der Waals surface area (Å²) < 4.78 is 5.44. The highest BCUT2D eigenvalue weighted by Gasteiger charge is 2.24. The standard InChI is InChI=1S/C25H25N3O4/c29-24(27-28(20-7-2-1-3-8-20)21-9-5-13-26-16-21)15-18-11-12-22-19(14-18)6-4-10-23(22)32-17-25(30)31/h1-10,13,16,18H,11-12,14-15,17H2,(H,27,29)(H,30,31). The monoisotopic (exact) mass is 431 g/mol. The van der Waals surface area contributed by atoms with E-state index in [9.17, 15) is 9.59 Å². The maximum atomic E-state index is 13.0. The van der Waals surface area contributed by atoms with E-state index in [4.69, 9.17) is 9.84 Å². The predicted molar refractivity (Wildman–Crippen MR) is 121 cm³/mol. The number of carbonyl (C=O) groups is 2. The van der Waals surface area contributed by atoms with Gasteiger partial charge in [0.25, 0.3) is 0 Å². The molecular weight excluding hydrogens is 406 g/mol. The Morgan fingerprint density at radius 3 is 2.62 bits per heavy atom. The molecule has 7 nitrogen and oxygen atoms in total. The number of carbonyl (C=O) groups excluding carboxylic acids is 1. The second kappa shape index (κ2) is 9.96. The highest BCUT2D eigenvalue weighted by Crippen LogP contribution is 2.33. The molecule has 1 aromatic heterocycles. The lowest BCUT2D eigenvalue weighted by Gasteiger charge is -2.28. The number of fused-ring (bicyclic) bond motifs is 1. The lowest BCUT2D eigenvalue weighted by atomic mass is 9.82. The number of carboxylic acid groups (broad SMARTS) is 1. The summed E-state index contributed by atoms with van der Waals surface area (Å²) in [6, 6.07) is 19.1. The zero-order valence-corrected chi connectivity index (χ0v) is 17.6. The number of carboxylic acids is 1. The summed E-state index contributed by atoms with van der Waals surface area (Å²) in [4.78, 5) is 28.0. The van der Waals surface area contributed by atoms with Crippen LogP contribution in [0, 0.1) is 5.92 Å². The quantitative estimate of drug-likeness (QED) is 0.526. The first kappa shape index (κ1) is 21.4. The number of nitrogens with zero attached hydrogens (tertiary/aromatic N) is 2. The number of ether oxygens (including phenoxy) is 1. The third-order valence-corrected chi connectivity index (χ3v) is 5.52. The zero-order valence-electron chi connectivity index (χ0n) is 17.6. The molecule has 3 aromatic rings. The fourth-order valence-electron chi connectivity index (χ4n) is 4.07. The molecule has 0 bridgehead atoms. The molecule has 0 saturated carbocycles. The van der Waals surface area contributed by atoms with Crippen LogP contribution in [0.3, 0.4) is 0 Å². The van der Waals surface area contributed by atoms with E-state index in [1.54, 1.807) is 23.5 Å². The van der Waals surface area contributed by atoms with Gasteiger partial charge in [0.1, 0.15) is 5.75 Å². The number of rotatable bonds is 8. The Balaban J connectivity index is 1.43. The van der Waals surface area contributed by atoms with Crippen LogP contribution in [0.2, 0.25) is 0 Å². The minimum absolute atomic E-state index is 0.0653. The number of aromatic nitrogens is 1. The molecule has 32 heavy (non-hydrogen) atoms. The Kier molecular flexibility index (Phi) is 6.65. The van der Waals surface area contributed by atoms with Gasteiger partial charge in [-0.15, -0.1) is 0 Å². The molecule has 2 aromatic carbocycles. The Bertz CT molecular complexity index is 1030. The molecule has 1 aliphatic rings. The molecular formula is C25H25N3O4. The maximum absolute atomic E-state index is 13.0. The van der Waals surface area contributed by atoms with E-state index >= 15 is 0 Å². The number of benzene rings is 2. The molecule has 0 fully saturated rings. The number of pyridine rings is 1. The fourth-order valence-corrected chi connectivity index (χ4v) is 4.07. The van der Waals surface area contributed by atoms with Crippen LogP contribution < -0.4 is 15.2 Å². The highest BCUT2D eigenvalue weighted by atomic mass is 16.5. The number of anilines is 2. The van der Waals surface area contributed by atoms with E-state index in [1.807, 2.05) is 54.6 Å². The van der Waals surface area contributed by atoms with Crippen LogP contribution in [-0.4, -0.2) is 28.6 Å². The van der Waals surface area contributed by atoms with Gasteiger partial charge in [-0.3, -0.25) is 20.2 Å². The van der Waals surface area contributed by atoms with E-state index in [0.29, 0.717) is 12.2 Å². The molecule has 4 rings (SSSR count). The van der Waals surface area contributed by atoms with Crippen molar-refractivity contribution in [3.05, 3.63) is 84.2 Å². The van der Waals surface area contributed by atoms with Gasteiger partial charge in [0.15, 0.2) is 6.61 Å². The maximum Gasteiger partial charge on any atom is 0.341 e. The van der Waals surface area contributed by atoms with E-state index in [2.05, 4.69) is 10.4 Å². The number of hydrazine groups is 1. The van der Waals surface area contributed by atoms with Crippen molar-refractivity contribution >= 4 is 23.3 Å². The molecule has 1 atom stereocenters. The smallest absolute Gasteiger partial charge is 0.341 e. The second-order valence-corrected chi connectivity index (χ2v) is 7.81. The SMILES string of the molecule is O=C(O)COc1cccc2c1CCC(CC(=O)NN(c1ccccc1)c1cccnc1)C2. The molecule has 0 aliphatic heterocycles. The third-order valence-electron chi connectivity index (χ3n) is 5.52. The van der Waals surface area contributed by atoms with Crippen LogP contribution in [0.4, 0.5) is 11.4 Å². The molecule has 0 radical (unpaired) electrons. The van der Waals surface area contributed by atoms with Gasteiger partial charge in [-0.25, -0.2) is 4.79 Å². The van der Waals surface area contributed by atoms with E-state index in [1.165, 1.54) is 0 Å². The van der Waals surface area contributed by atoms with Gasteiger partial charge in [-0.1, -0.05) is 30.3 Å². The number of hydrogen-bond acceptors (Lipinski definition) is 5. The summed E-state index contributed by atoms with van der Waals surface area (Å²) in [6.07, 6.45) is 6.15. The minimum atomic E-state index is -0.996. The topological polar surface area (TPSA) is 91.8 Å². The van der Waals surface area contributed by atoms with Crippen LogP contribution in [0.5, 0.6) is 5.75 Å². The lowest BCUT2D eigenvalue weighted by molar-refractivity contribution is -0.139. The van der Waals surface area contributed by atoms with Gasteiger partial charge in [0, 0.05) is 12.6 Å². The van der Waals surface area contributed by atoms with Crippen LogP contribution in [0.15, 0.2) is 73.1 Å². The van der Waals surface area contributed by atoms with E-state index in [0.717, 1.165) is 41.8 Å². The van der Waals surface area contributed by atoms with Crippen molar-refractivity contribution in [3.8, 4) is 5.75 Å². The molecule has 7 heteroatoms. The summed E-state index contributed by atoms with van der Waals surface area (Å²) in [5.74, 6) is -0.239. The first-order chi connectivity index (χ1) is 15.6. The molecule has 1 unspecified atom stereocenters. The van der Waals surface area contributed by atoms with Crippen LogP contribution in [0.25, 0.3) is 0 Å².